The summed E-state index contributed by atoms with van der Waals surface area (Å²) in [5, 5.41) is 40.1. The Labute approximate surface area is 414 Å². The monoisotopic (exact) mass is 978 g/mol. The minimum absolute atomic E-state index is 0.0566. The summed E-state index contributed by atoms with van der Waals surface area (Å²) in [5.41, 5.74) is 4.90. The van der Waals surface area contributed by atoms with Crippen molar-refractivity contribution in [2.45, 2.75) is 57.7 Å². The summed E-state index contributed by atoms with van der Waals surface area (Å²) < 4.78 is 46.4. The molecule has 0 bridgehead atoms. The first-order chi connectivity index (χ1) is 35.1. The Morgan fingerprint density at radius 3 is 2.04 bits per heavy atom. The first kappa shape index (κ1) is 48.2. The highest BCUT2D eigenvalue weighted by Gasteiger charge is 2.34. The molecule has 72 heavy (non-hydrogen) atoms. The normalized spacial score (nSPS) is 15.7. The van der Waals surface area contributed by atoms with Crippen molar-refractivity contribution >= 4 is 50.8 Å². The van der Waals surface area contributed by atoms with Gasteiger partial charge < -0.3 is 40.5 Å². The number of halogens is 2. The number of piperidine rings is 2. The third-order valence-electron chi connectivity index (χ3n) is 13.7. The molecule has 0 amide bonds. The molecule has 2 fully saturated rings. The number of aliphatic hydroxyl groups is 2. The van der Waals surface area contributed by atoms with Crippen molar-refractivity contribution in [3.63, 3.8) is 0 Å². The molecule has 0 saturated carbocycles. The molecule has 2 aliphatic rings. The molecule has 2 aliphatic heterocycles. The number of esters is 1. The van der Waals surface area contributed by atoms with Gasteiger partial charge in [0.25, 0.3) is 0 Å². The van der Waals surface area contributed by atoms with Gasteiger partial charge in [-0.2, -0.15) is 10.2 Å². The van der Waals surface area contributed by atoms with E-state index in [1.54, 1.807) is 84.9 Å². The number of hydrogen-bond acceptors (Lipinski definition) is 15. The zero-order valence-electron chi connectivity index (χ0n) is 40.0. The number of likely N-dealkylation sites (tertiary alicyclic amines) is 1. The van der Waals surface area contributed by atoms with Gasteiger partial charge in [-0.3, -0.25) is 14.8 Å². The van der Waals surface area contributed by atoms with E-state index in [4.69, 9.17) is 24.5 Å². The molecule has 2 aromatic carbocycles. The van der Waals surface area contributed by atoms with E-state index >= 15 is 8.78 Å². The van der Waals surface area contributed by atoms with Crippen molar-refractivity contribution in [3.05, 3.63) is 138 Å². The average molecular weight is 979 g/mol. The summed E-state index contributed by atoms with van der Waals surface area (Å²) in [6.45, 7) is 5.31. The SMILES string of the molecule is CCOC(=O)C(c1ccc2cnc(Nc3ccc(-n4ccc(COc5cc(C(CO)C6CCN(C)CC6)nc6cc(Nc7ccc(-n8ccc(CO)n8)cc7F)ncc56)n4)cc3F)cc2n1)C1CCNCC1. The maximum atomic E-state index is 15.9. The van der Waals surface area contributed by atoms with Crippen LogP contribution in [0.1, 0.15) is 67.2 Å². The van der Waals surface area contributed by atoms with Crippen LogP contribution in [-0.4, -0.2) is 107 Å². The minimum atomic E-state index is -0.528. The van der Waals surface area contributed by atoms with Gasteiger partial charge in [-0.1, -0.05) is 0 Å². The van der Waals surface area contributed by atoms with Gasteiger partial charge in [0.2, 0.25) is 0 Å². The van der Waals surface area contributed by atoms with Crippen molar-refractivity contribution in [3.8, 4) is 17.1 Å². The summed E-state index contributed by atoms with van der Waals surface area (Å²) in [6.07, 6.45) is 10.2. The number of carbonyl (C=O) groups is 1. The summed E-state index contributed by atoms with van der Waals surface area (Å²) in [6, 6.07) is 21.9. The first-order valence-electron chi connectivity index (χ1n) is 24.3. The second kappa shape index (κ2) is 21.5. The Morgan fingerprint density at radius 1 is 0.764 bits per heavy atom. The van der Waals surface area contributed by atoms with E-state index in [1.165, 1.54) is 16.8 Å². The number of pyridine rings is 4. The van der Waals surface area contributed by atoms with Crippen LogP contribution in [0.25, 0.3) is 33.2 Å². The summed E-state index contributed by atoms with van der Waals surface area (Å²) >= 11 is 0. The molecule has 2 saturated heterocycles. The lowest BCUT2D eigenvalue weighted by molar-refractivity contribution is -0.146. The number of aromatic nitrogens is 8. The van der Waals surface area contributed by atoms with Crippen LogP contribution in [0.5, 0.6) is 5.75 Å². The van der Waals surface area contributed by atoms with Crippen LogP contribution in [-0.2, 0) is 22.7 Å². The molecule has 10 rings (SSSR count). The fraction of sp³-hybridized carbons (Fsp3) is 0.340. The second-order valence-corrected chi connectivity index (χ2v) is 18.4. The highest BCUT2D eigenvalue weighted by Crippen LogP contribution is 2.37. The number of hydrogen-bond donors (Lipinski definition) is 5. The topological polar surface area (TPSA) is 203 Å². The molecule has 0 aliphatic carbocycles. The number of anilines is 4. The maximum absolute atomic E-state index is 15.9. The van der Waals surface area contributed by atoms with Gasteiger partial charge in [-0.05, 0) is 126 Å². The summed E-state index contributed by atoms with van der Waals surface area (Å²) in [7, 11) is 2.09. The van der Waals surface area contributed by atoms with Crippen LogP contribution in [0.3, 0.4) is 0 Å². The average Bonchev–Trinajstić information content (AvgIpc) is 4.09. The molecule has 5 N–H and O–H groups in total. The summed E-state index contributed by atoms with van der Waals surface area (Å²) in [5.74, 6) is -0.522. The Hall–Kier alpha value is -7.45. The van der Waals surface area contributed by atoms with Gasteiger partial charge in [-0.25, -0.2) is 28.1 Å². The van der Waals surface area contributed by atoms with E-state index in [9.17, 15) is 15.0 Å². The number of ether oxygens (including phenoxy) is 2. The lowest BCUT2D eigenvalue weighted by Crippen LogP contribution is -2.34. The van der Waals surface area contributed by atoms with Crippen LogP contribution in [0.15, 0.2) is 104 Å². The second-order valence-electron chi connectivity index (χ2n) is 18.4. The molecule has 2 unspecified atom stereocenters. The summed E-state index contributed by atoms with van der Waals surface area (Å²) in [4.78, 5) is 34.5. The van der Waals surface area contributed by atoms with E-state index in [0.29, 0.717) is 68.0 Å². The largest absolute Gasteiger partial charge is 0.486 e. The van der Waals surface area contributed by atoms with Gasteiger partial charge in [0, 0.05) is 66.4 Å². The number of rotatable bonds is 17. The third kappa shape index (κ3) is 10.6. The lowest BCUT2D eigenvalue weighted by atomic mass is 9.82. The number of nitrogens with one attached hydrogen (secondary N) is 3. The molecular weight excluding hydrogens is 923 g/mol. The number of carbonyl (C=O) groups excluding carboxylic acids is 1. The van der Waals surface area contributed by atoms with Crippen molar-refractivity contribution in [1.29, 1.82) is 0 Å². The van der Waals surface area contributed by atoms with Crippen molar-refractivity contribution < 1.29 is 33.3 Å². The van der Waals surface area contributed by atoms with Crippen LogP contribution in [0.2, 0.25) is 0 Å². The van der Waals surface area contributed by atoms with Crippen LogP contribution in [0, 0.1) is 23.5 Å². The molecule has 6 aromatic heterocycles. The molecule has 19 heteroatoms. The van der Waals surface area contributed by atoms with E-state index in [2.05, 4.69) is 43.0 Å². The fourth-order valence-corrected chi connectivity index (χ4v) is 9.74. The predicted octanol–water partition coefficient (Wildman–Crippen LogP) is 7.85. The number of nitrogens with zero attached hydrogens (tertiary/aromatic N) is 9. The molecular formula is C53H56F2N12O5. The molecule has 0 spiro atoms. The van der Waals surface area contributed by atoms with E-state index in [0.717, 1.165) is 57.2 Å². The van der Waals surface area contributed by atoms with E-state index in [-0.39, 0.29) is 61.5 Å². The lowest BCUT2D eigenvalue weighted by Gasteiger charge is -2.33. The van der Waals surface area contributed by atoms with Gasteiger partial charge in [0.1, 0.15) is 47.2 Å². The van der Waals surface area contributed by atoms with E-state index < -0.39 is 17.6 Å². The standard InChI is InChI=1S/C53H56F2N12O5/c1-3-71-53(70)52(33-10-16-56-17-11-33)45-7-4-34-27-57-50(25-46(34)59-45)61-43-9-6-38(23-42(43)55)67-21-15-36(64-67)31-72-49-24-47(40(30-69)32-12-18-65(2)19-13-32)60-48-26-51(58-28-39(48)49)62-44-8-5-37(22-41(44)54)66-20-14-35(29-68)63-66/h4-9,14-15,20-28,32-33,40,52,56,68-69H,3,10-13,16-19,29-31H2,1-2H3,(H,57,61)(H,58,62). The number of aliphatic hydroxyl groups excluding tert-OH is 2. The molecule has 8 aromatic rings. The highest BCUT2D eigenvalue weighted by molar-refractivity contribution is 5.87. The predicted molar refractivity (Wildman–Crippen MR) is 268 cm³/mol. The van der Waals surface area contributed by atoms with Crippen LogP contribution < -0.4 is 20.7 Å². The number of benzene rings is 2. The Bertz CT molecular complexity index is 3210. The van der Waals surface area contributed by atoms with Crippen LogP contribution >= 0.6 is 0 Å². The fourth-order valence-electron chi connectivity index (χ4n) is 9.74. The molecule has 8 heterocycles. The highest BCUT2D eigenvalue weighted by atomic mass is 19.1. The van der Waals surface area contributed by atoms with Crippen LogP contribution in [0.4, 0.5) is 31.8 Å². The first-order valence-corrected chi connectivity index (χ1v) is 24.3. The zero-order valence-corrected chi connectivity index (χ0v) is 40.0. The number of fused-ring (bicyclic) bond motifs is 2. The van der Waals surface area contributed by atoms with Gasteiger partial charge in [-0.15, -0.1) is 0 Å². The zero-order chi connectivity index (χ0) is 49.7. The maximum Gasteiger partial charge on any atom is 0.315 e. The third-order valence-corrected chi connectivity index (χ3v) is 13.7. The molecule has 372 valence electrons. The van der Waals surface area contributed by atoms with Gasteiger partial charge in [0.15, 0.2) is 0 Å². The van der Waals surface area contributed by atoms with Crippen molar-refractivity contribution in [2.75, 3.05) is 57.1 Å². The van der Waals surface area contributed by atoms with Gasteiger partial charge in [0.05, 0.1) is 76.1 Å². The Morgan fingerprint density at radius 2 is 1.40 bits per heavy atom. The minimum Gasteiger partial charge on any atom is -0.486 e. The quantitative estimate of drug-likeness (QED) is 0.0552. The Kier molecular flexibility index (Phi) is 14.4. The van der Waals surface area contributed by atoms with Gasteiger partial charge >= 0.3 is 5.97 Å². The van der Waals surface area contributed by atoms with Crippen molar-refractivity contribution in [1.82, 2.24) is 49.7 Å². The molecule has 2 atom stereocenters. The Balaban J connectivity index is 0.858. The smallest absolute Gasteiger partial charge is 0.315 e. The van der Waals surface area contributed by atoms with Crippen molar-refractivity contribution in [2.24, 2.45) is 11.8 Å². The molecule has 0 radical (unpaired) electrons. The molecule has 17 nitrogen and oxygen atoms in total. The van der Waals surface area contributed by atoms with E-state index in [1.807, 2.05) is 18.2 Å².